The molecular formula is C14H23N3OS. The molecule has 0 unspecified atom stereocenters. The normalized spacial score (nSPS) is 17.5. The van der Waals surface area contributed by atoms with Crippen LogP contribution < -0.4 is 10.6 Å². The van der Waals surface area contributed by atoms with Crippen molar-refractivity contribution >= 4 is 17.2 Å². The summed E-state index contributed by atoms with van der Waals surface area (Å²) >= 11 is 1.67. The fraction of sp³-hybridized carbons (Fsp3) is 0.714. The lowest BCUT2D eigenvalue weighted by molar-refractivity contribution is -0.127. The van der Waals surface area contributed by atoms with Crippen molar-refractivity contribution in [3.05, 3.63) is 15.6 Å². The molecule has 4 nitrogen and oxygen atoms in total. The van der Waals surface area contributed by atoms with E-state index >= 15 is 0 Å². The molecule has 0 spiro atoms. The third-order valence-corrected chi connectivity index (χ3v) is 5.11. The number of carbonyl (C=O) groups excluding carboxylic acids is 1. The molecule has 0 aliphatic carbocycles. The highest BCUT2D eigenvalue weighted by Crippen LogP contribution is 2.28. The van der Waals surface area contributed by atoms with Gasteiger partial charge in [-0.05, 0) is 53.6 Å². The van der Waals surface area contributed by atoms with Gasteiger partial charge in [0.25, 0.3) is 0 Å². The maximum absolute atomic E-state index is 12.3. The quantitative estimate of drug-likeness (QED) is 0.892. The summed E-state index contributed by atoms with van der Waals surface area (Å²) in [6.45, 7) is 10.0. The molecule has 106 valence electrons. The second kappa shape index (κ2) is 5.59. The first-order valence-electron chi connectivity index (χ1n) is 6.87. The van der Waals surface area contributed by atoms with E-state index in [9.17, 15) is 4.79 Å². The lowest BCUT2D eigenvalue weighted by atomic mass is 9.95. The molecule has 5 heteroatoms. The Morgan fingerprint density at radius 1 is 1.37 bits per heavy atom. The SMILES string of the molecule is Cc1nc(C(C)(C)NC(=O)C2CCNCC2)sc1C. The zero-order valence-corrected chi connectivity index (χ0v) is 13.0. The molecule has 2 N–H and O–H groups in total. The van der Waals surface area contributed by atoms with E-state index in [1.54, 1.807) is 11.3 Å². The van der Waals surface area contributed by atoms with Gasteiger partial charge in [0, 0.05) is 10.8 Å². The number of nitrogens with zero attached hydrogens (tertiary/aromatic N) is 1. The van der Waals surface area contributed by atoms with Crippen molar-refractivity contribution in [1.82, 2.24) is 15.6 Å². The highest BCUT2D eigenvalue weighted by atomic mass is 32.1. The van der Waals surface area contributed by atoms with Gasteiger partial charge in [-0.3, -0.25) is 4.79 Å². The summed E-state index contributed by atoms with van der Waals surface area (Å²) in [5.74, 6) is 0.305. The van der Waals surface area contributed by atoms with Crippen LogP contribution in [0.3, 0.4) is 0 Å². The predicted molar refractivity (Wildman–Crippen MR) is 78.4 cm³/mol. The number of carbonyl (C=O) groups is 1. The van der Waals surface area contributed by atoms with Gasteiger partial charge in [0.2, 0.25) is 5.91 Å². The fourth-order valence-corrected chi connectivity index (χ4v) is 3.26. The highest BCUT2D eigenvalue weighted by Gasteiger charge is 2.30. The molecule has 0 aromatic carbocycles. The molecule has 1 saturated heterocycles. The fourth-order valence-electron chi connectivity index (χ4n) is 2.29. The Kier molecular flexibility index (Phi) is 4.26. The first-order valence-corrected chi connectivity index (χ1v) is 7.69. The smallest absolute Gasteiger partial charge is 0.223 e. The van der Waals surface area contributed by atoms with Crippen molar-refractivity contribution in [3.8, 4) is 0 Å². The Balaban J connectivity index is 2.05. The summed E-state index contributed by atoms with van der Waals surface area (Å²) in [5.41, 5.74) is 0.676. The van der Waals surface area contributed by atoms with Gasteiger partial charge in [-0.2, -0.15) is 0 Å². The molecule has 0 radical (unpaired) electrons. The summed E-state index contributed by atoms with van der Waals surface area (Å²) in [7, 11) is 0. The summed E-state index contributed by atoms with van der Waals surface area (Å²) in [6.07, 6.45) is 1.86. The van der Waals surface area contributed by atoms with Crippen LogP contribution in [0.25, 0.3) is 0 Å². The van der Waals surface area contributed by atoms with E-state index in [1.165, 1.54) is 4.88 Å². The molecule has 1 amide bonds. The van der Waals surface area contributed by atoms with E-state index in [4.69, 9.17) is 0 Å². The average Bonchev–Trinajstić information content (AvgIpc) is 2.71. The molecule has 1 fully saturated rings. The third-order valence-electron chi connectivity index (χ3n) is 3.71. The summed E-state index contributed by atoms with van der Waals surface area (Å²) in [6, 6.07) is 0. The van der Waals surface area contributed by atoms with Gasteiger partial charge in [-0.25, -0.2) is 4.98 Å². The zero-order valence-electron chi connectivity index (χ0n) is 12.2. The maximum Gasteiger partial charge on any atom is 0.223 e. The van der Waals surface area contributed by atoms with Gasteiger partial charge in [0.15, 0.2) is 0 Å². The van der Waals surface area contributed by atoms with E-state index < -0.39 is 0 Å². The second-order valence-corrected chi connectivity index (χ2v) is 7.00. The second-order valence-electron chi connectivity index (χ2n) is 5.80. The van der Waals surface area contributed by atoms with Crippen LogP contribution in [0.1, 0.15) is 42.3 Å². The first-order chi connectivity index (χ1) is 8.90. The third kappa shape index (κ3) is 3.34. The van der Waals surface area contributed by atoms with Gasteiger partial charge in [0.1, 0.15) is 5.01 Å². The largest absolute Gasteiger partial charge is 0.344 e. The van der Waals surface area contributed by atoms with Crippen LogP contribution in [0, 0.1) is 19.8 Å². The van der Waals surface area contributed by atoms with Crippen molar-refractivity contribution in [2.75, 3.05) is 13.1 Å². The van der Waals surface area contributed by atoms with Gasteiger partial charge in [-0.1, -0.05) is 0 Å². The number of aryl methyl sites for hydroxylation is 2. The van der Waals surface area contributed by atoms with Crippen molar-refractivity contribution < 1.29 is 4.79 Å². The van der Waals surface area contributed by atoms with Crippen LogP contribution in [-0.2, 0) is 10.3 Å². The van der Waals surface area contributed by atoms with Crippen LogP contribution >= 0.6 is 11.3 Å². The monoisotopic (exact) mass is 281 g/mol. The van der Waals surface area contributed by atoms with E-state index in [2.05, 4.69) is 22.5 Å². The van der Waals surface area contributed by atoms with Crippen LogP contribution in [0.2, 0.25) is 0 Å². The lowest BCUT2D eigenvalue weighted by Crippen LogP contribution is -2.46. The van der Waals surface area contributed by atoms with E-state index in [0.717, 1.165) is 36.6 Å². The molecule has 1 aromatic heterocycles. The zero-order chi connectivity index (χ0) is 14.0. The van der Waals surface area contributed by atoms with E-state index in [1.807, 2.05) is 20.8 Å². The van der Waals surface area contributed by atoms with Gasteiger partial charge in [0.05, 0.1) is 11.2 Å². The maximum atomic E-state index is 12.3. The number of piperidine rings is 1. The van der Waals surface area contributed by atoms with E-state index in [-0.39, 0.29) is 17.4 Å². The molecule has 2 heterocycles. The molecule has 2 rings (SSSR count). The van der Waals surface area contributed by atoms with Crippen LogP contribution in [-0.4, -0.2) is 24.0 Å². The van der Waals surface area contributed by atoms with Crippen molar-refractivity contribution in [2.24, 2.45) is 5.92 Å². The van der Waals surface area contributed by atoms with Crippen LogP contribution in [0.15, 0.2) is 0 Å². The predicted octanol–water partition coefficient (Wildman–Crippen LogP) is 2.11. The minimum Gasteiger partial charge on any atom is -0.344 e. The topological polar surface area (TPSA) is 54.0 Å². The number of hydrogen-bond acceptors (Lipinski definition) is 4. The van der Waals surface area contributed by atoms with Crippen molar-refractivity contribution in [2.45, 2.75) is 46.1 Å². The van der Waals surface area contributed by atoms with Gasteiger partial charge >= 0.3 is 0 Å². The molecule has 0 saturated carbocycles. The highest BCUT2D eigenvalue weighted by molar-refractivity contribution is 7.11. The van der Waals surface area contributed by atoms with Crippen LogP contribution in [0.4, 0.5) is 0 Å². The molecule has 1 aliphatic rings. The molecule has 1 aromatic rings. The number of nitrogens with one attached hydrogen (secondary N) is 2. The Hall–Kier alpha value is -0.940. The van der Waals surface area contributed by atoms with Gasteiger partial charge in [-0.15, -0.1) is 11.3 Å². The molecule has 0 atom stereocenters. The molecule has 0 bridgehead atoms. The Morgan fingerprint density at radius 2 is 2.00 bits per heavy atom. The number of thiazole rings is 1. The summed E-state index contributed by atoms with van der Waals surface area (Å²) in [5, 5.41) is 7.44. The van der Waals surface area contributed by atoms with Gasteiger partial charge < -0.3 is 10.6 Å². The first kappa shape index (κ1) is 14.5. The number of amides is 1. The minimum absolute atomic E-state index is 0.141. The number of aromatic nitrogens is 1. The van der Waals surface area contributed by atoms with Crippen molar-refractivity contribution in [1.29, 1.82) is 0 Å². The molecular weight excluding hydrogens is 258 g/mol. The standard InChI is InChI=1S/C14H23N3OS/c1-9-10(2)19-13(16-9)14(3,4)17-12(18)11-5-7-15-8-6-11/h11,15H,5-8H2,1-4H3,(H,17,18). The summed E-state index contributed by atoms with van der Waals surface area (Å²) in [4.78, 5) is 18.1. The van der Waals surface area contributed by atoms with Crippen molar-refractivity contribution in [3.63, 3.8) is 0 Å². The lowest BCUT2D eigenvalue weighted by Gasteiger charge is -2.28. The van der Waals surface area contributed by atoms with Crippen LogP contribution in [0.5, 0.6) is 0 Å². The number of rotatable bonds is 3. The number of hydrogen-bond donors (Lipinski definition) is 2. The molecule has 19 heavy (non-hydrogen) atoms. The Morgan fingerprint density at radius 3 is 2.53 bits per heavy atom. The summed E-state index contributed by atoms with van der Waals surface area (Å²) < 4.78 is 0. The van der Waals surface area contributed by atoms with E-state index in [0.29, 0.717) is 0 Å². The Labute approximate surface area is 119 Å². The average molecular weight is 281 g/mol. The minimum atomic E-state index is -0.383. The molecule has 1 aliphatic heterocycles. The Bertz CT molecular complexity index is 442.